The van der Waals surface area contributed by atoms with Gasteiger partial charge in [-0.2, -0.15) is 26.3 Å². The van der Waals surface area contributed by atoms with Gasteiger partial charge in [-0.05, 0) is 30.3 Å². The lowest BCUT2D eigenvalue weighted by molar-refractivity contribution is -0.138. The molecule has 1 heterocycles. The molecule has 0 spiro atoms. The molecule has 3 rings (SSSR count). The molecule has 0 unspecified atom stereocenters. The van der Waals surface area contributed by atoms with E-state index < -0.39 is 23.5 Å². The van der Waals surface area contributed by atoms with Crippen LogP contribution in [0.2, 0.25) is 5.15 Å². The molecule has 0 radical (unpaired) electrons. The summed E-state index contributed by atoms with van der Waals surface area (Å²) in [5.74, 6) is -0.0690. The van der Waals surface area contributed by atoms with Gasteiger partial charge in [-0.1, -0.05) is 23.7 Å². The molecule has 2 aromatic carbocycles. The molecule has 0 bridgehead atoms. The predicted octanol–water partition coefficient (Wildman–Crippen LogP) is 6.59. The molecule has 0 atom stereocenters. The molecule has 0 fully saturated rings. The molecule has 30 heavy (non-hydrogen) atoms. The topological polar surface area (TPSA) is 47.0 Å². The minimum atomic E-state index is -4.59. The van der Waals surface area contributed by atoms with E-state index in [-0.39, 0.29) is 33.8 Å². The zero-order chi connectivity index (χ0) is 22.1. The van der Waals surface area contributed by atoms with Crippen molar-refractivity contribution in [1.29, 1.82) is 0 Å². The number of hydrogen-bond acceptors (Lipinski definition) is 4. The van der Waals surface area contributed by atoms with Gasteiger partial charge >= 0.3 is 12.4 Å². The van der Waals surface area contributed by atoms with E-state index in [1.165, 1.54) is 25.3 Å². The highest BCUT2D eigenvalue weighted by atomic mass is 35.5. The van der Waals surface area contributed by atoms with Crippen LogP contribution in [0, 0.1) is 0 Å². The van der Waals surface area contributed by atoms with Crippen molar-refractivity contribution in [1.82, 2.24) is 9.97 Å². The van der Waals surface area contributed by atoms with E-state index in [1.807, 2.05) is 0 Å². The summed E-state index contributed by atoms with van der Waals surface area (Å²) < 4.78 is 83.0. The number of nitrogens with zero attached hydrogens (tertiary/aromatic N) is 2. The minimum absolute atomic E-state index is 0.0277. The average molecular weight is 448 g/mol. The van der Waals surface area contributed by atoms with Crippen LogP contribution in [-0.2, 0) is 12.4 Å². The van der Waals surface area contributed by atoms with Crippen LogP contribution >= 0.6 is 11.6 Å². The largest absolute Gasteiger partial charge is 0.495 e. The number of halogens is 7. The predicted molar refractivity (Wildman–Crippen MR) is 98.8 cm³/mol. The molecule has 158 valence electrons. The average Bonchev–Trinajstić information content (AvgIpc) is 2.66. The quantitative estimate of drug-likeness (QED) is 0.362. The zero-order valence-corrected chi connectivity index (χ0v) is 15.8. The Morgan fingerprint density at radius 3 is 2.17 bits per heavy atom. The van der Waals surface area contributed by atoms with Gasteiger partial charge in [0.25, 0.3) is 0 Å². The lowest BCUT2D eigenvalue weighted by atomic mass is 10.1. The summed E-state index contributed by atoms with van der Waals surface area (Å²) in [5, 5.41) is 2.53. The highest BCUT2D eigenvalue weighted by molar-refractivity contribution is 6.29. The van der Waals surface area contributed by atoms with Gasteiger partial charge in [-0.15, -0.1) is 0 Å². The molecule has 1 N–H and O–H groups in total. The third-order valence-corrected chi connectivity index (χ3v) is 4.13. The highest BCUT2D eigenvalue weighted by Crippen LogP contribution is 2.37. The molecular weight excluding hydrogens is 436 g/mol. The summed E-state index contributed by atoms with van der Waals surface area (Å²) in [5.41, 5.74) is -1.86. The number of methoxy groups -OCH3 is 1. The lowest BCUT2D eigenvalue weighted by Crippen LogP contribution is -2.07. The summed E-state index contributed by atoms with van der Waals surface area (Å²) in [6.07, 6.45) is -9.16. The molecule has 4 nitrogen and oxygen atoms in total. The van der Waals surface area contributed by atoms with Crippen molar-refractivity contribution < 1.29 is 31.1 Å². The molecule has 0 saturated heterocycles. The van der Waals surface area contributed by atoms with E-state index in [1.54, 1.807) is 0 Å². The van der Waals surface area contributed by atoms with E-state index in [9.17, 15) is 26.3 Å². The van der Waals surface area contributed by atoms with Crippen LogP contribution in [0.25, 0.3) is 11.4 Å². The third kappa shape index (κ3) is 4.93. The van der Waals surface area contributed by atoms with Crippen molar-refractivity contribution in [2.75, 3.05) is 12.4 Å². The molecule has 1 aromatic heterocycles. The number of benzene rings is 2. The Balaban J connectivity index is 2.01. The smallest absolute Gasteiger partial charge is 0.416 e. The second kappa shape index (κ2) is 8.02. The normalized spacial score (nSPS) is 12.0. The van der Waals surface area contributed by atoms with Crippen LogP contribution in [0.15, 0.2) is 48.5 Å². The van der Waals surface area contributed by atoms with E-state index in [0.29, 0.717) is 0 Å². The van der Waals surface area contributed by atoms with Crippen LogP contribution in [0.1, 0.15) is 11.1 Å². The summed E-state index contributed by atoms with van der Waals surface area (Å²) in [6.45, 7) is 0. The molecule has 0 aliphatic carbocycles. The second-order valence-electron chi connectivity index (χ2n) is 6.02. The van der Waals surface area contributed by atoms with Gasteiger partial charge in [0, 0.05) is 11.6 Å². The molecule has 0 amide bonds. The van der Waals surface area contributed by atoms with Gasteiger partial charge in [0.05, 0.1) is 23.9 Å². The maximum Gasteiger partial charge on any atom is 0.416 e. The minimum Gasteiger partial charge on any atom is -0.495 e. The first-order chi connectivity index (χ1) is 14.0. The highest BCUT2D eigenvalue weighted by Gasteiger charge is 2.32. The van der Waals surface area contributed by atoms with Gasteiger partial charge < -0.3 is 10.1 Å². The monoisotopic (exact) mass is 447 g/mol. The maximum atomic E-state index is 13.0. The number of ether oxygens (including phenoxy) is 1. The van der Waals surface area contributed by atoms with E-state index >= 15 is 0 Å². The fraction of sp³-hybridized carbons (Fsp3) is 0.158. The van der Waals surface area contributed by atoms with Crippen LogP contribution in [0.5, 0.6) is 5.75 Å². The van der Waals surface area contributed by atoms with E-state index in [4.69, 9.17) is 16.3 Å². The van der Waals surface area contributed by atoms with Gasteiger partial charge in [0.2, 0.25) is 0 Å². The summed E-state index contributed by atoms with van der Waals surface area (Å²) >= 11 is 5.95. The van der Waals surface area contributed by atoms with Crippen molar-refractivity contribution in [3.63, 3.8) is 0 Å². The Morgan fingerprint density at radius 2 is 1.53 bits per heavy atom. The number of nitrogens with one attached hydrogen (secondary N) is 1. The summed E-state index contributed by atoms with van der Waals surface area (Å²) in [6, 6.07) is 8.30. The molecular formula is C19H12ClF6N3O. The van der Waals surface area contributed by atoms with Gasteiger partial charge in [0.15, 0.2) is 5.82 Å². The summed E-state index contributed by atoms with van der Waals surface area (Å²) in [7, 11) is 1.27. The van der Waals surface area contributed by atoms with Crippen molar-refractivity contribution in [2.45, 2.75) is 12.4 Å². The Morgan fingerprint density at radius 1 is 0.867 bits per heavy atom. The second-order valence-corrected chi connectivity index (χ2v) is 6.40. The molecule has 0 aliphatic heterocycles. The van der Waals surface area contributed by atoms with Crippen LogP contribution < -0.4 is 10.1 Å². The number of anilines is 2. The van der Waals surface area contributed by atoms with E-state index in [0.717, 1.165) is 30.3 Å². The Labute approximate surface area is 171 Å². The lowest BCUT2D eigenvalue weighted by Gasteiger charge is -2.15. The fourth-order valence-electron chi connectivity index (χ4n) is 2.57. The van der Waals surface area contributed by atoms with Crippen molar-refractivity contribution in [3.8, 4) is 17.1 Å². The van der Waals surface area contributed by atoms with Crippen LogP contribution in [0.3, 0.4) is 0 Å². The van der Waals surface area contributed by atoms with E-state index in [2.05, 4.69) is 15.3 Å². The first-order valence-corrected chi connectivity index (χ1v) is 8.59. The number of aromatic nitrogens is 2. The first-order valence-electron chi connectivity index (χ1n) is 8.22. The molecule has 0 aliphatic rings. The van der Waals surface area contributed by atoms with Crippen LogP contribution in [-0.4, -0.2) is 17.1 Å². The van der Waals surface area contributed by atoms with Crippen molar-refractivity contribution in [3.05, 3.63) is 64.8 Å². The van der Waals surface area contributed by atoms with Crippen molar-refractivity contribution >= 4 is 23.1 Å². The molecule has 3 aromatic rings. The van der Waals surface area contributed by atoms with Crippen molar-refractivity contribution in [2.24, 2.45) is 0 Å². The summed E-state index contributed by atoms with van der Waals surface area (Å²) in [4.78, 5) is 7.98. The zero-order valence-electron chi connectivity index (χ0n) is 15.1. The van der Waals surface area contributed by atoms with Crippen LogP contribution in [0.4, 0.5) is 37.8 Å². The SMILES string of the molecule is COc1ccc(C(F)(F)F)cc1Nc1cc(Cl)nc(-c2cccc(C(F)(F)F)c2)n1. The van der Waals surface area contributed by atoms with Gasteiger partial charge in [-0.3, -0.25) is 0 Å². The Hall–Kier alpha value is -3.01. The molecule has 0 saturated carbocycles. The fourth-order valence-corrected chi connectivity index (χ4v) is 2.75. The Kier molecular flexibility index (Phi) is 5.80. The van der Waals surface area contributed by atoms with Gasteiger partial charge in [0.1, 0.15) is 16.7 Å². The number of rotatable bonds is 4. The standard InChI is InChI=1S/C19H12ClF6N3O/c1-30-14-6-5-12(19(24,25)26)8-13(14)27-16-9-15(20)28-17(29-16)10-3-2-4-11(7-10)18(21,22)23/h2-9H,1H3,(H,27,28,29). The third-order valence-electron chi connectivity index (χ3n) is 3.93. The number of alkyl halides is 6. The Bertz CT molecular complexity index is 1070. The molecule has 11 heteroatoms. The maximum absolute atomic E-state index is 13.0. The van der Waals surface area contributed by atoms with Gasteiger partial charge in [-0.25, -0.2) is 9.97 Å². The number of hydrogen-bond donors (Lipinski definition) is 1. The first kappa shape index (κ1) is 21.7.